The number of pyridine rings is 1. The van der Waals surface area contributed by atoms with Gasteiger partial charge < -0.3 is 10.4 Å². The van der Waals surface area contributed by atoms with Crippen molar-refractivity contribution >= 4 is 5.82 Å². The highest BCUT2D eigenvalue weighted by Gasteiger charge is 2.37. The normalized spacial score (nSPS) is 11.4. The summed E-state index contributed by atoms with van der Waals surface area (Å²) in [5.41, 5.74) is 0.136. The Bertz CT molecular complexity index is 616. The lowest BCUT2D eigenvalue weighted by Gasteiger charge is -2.12. The van der Waals surface area contributed by atoms with Gasteiger partial charge in [0.05, 0.1) is 11.9 Å². The van der Waals surface area contributed by atoms with Crippen molar-refractivity contribution in [3.8, 4) is 11.3 Å². The predicted octanol–water partition coefficient (Wildman–Crippen LogP) is 2.23. The summed E-state index contributed by atoms with van der Waals surface area (Å²) in [5, 5.41) is 10.8. The SMILES string of the molecule is Cc1cncc(-c2cnc(NCO)c(C(F)(F)F)n2)c1. The van der Waals surface area contributed by atoms with E-state index >= 15 is 0 Å². The van der Waals surface area contributed by atoms with Gasteiger partial charge in [0.2, 0.25) is 0 Å². The number of halogens is 3. The van der Waals surface area contributed by atoms with Gasteiger partial charge in [-0.2, -0.15) is 13.2 Å². The number of nitrogens with zero attached hydrogens (tertiary/aromatic N) is 3. The third kappa shape index (κ3) is 3.02. The van der Waals surface area contributed by atoms with Crippen LogP contribution in [0, 0.1) is 6.92 Å². The summed E-state index contributed by atoms with van der Waals surface area (Å²) < 4.78 is 38.7. The molecule has 0 aliphatic rings. The van der Waals surface area contributed by atoms with Gasteiger partial charge in [0, 0.05) is 18.0 Å². The molecular formula is C12H11F3N4O. The third-order valence-corrected chi connectivity index (χ3v) is 2.46. The van der Waals surface area contributed by atoms with Crippen LogP contribution in [0.3, 0.4) is 0 Å². The maximum atomic E-state index is 12.9. The summed E-state index contributed by atoms with van der Waals surface area (Å²) in [5.74, 6) is -0.510. The zero-order chi connectivity index (χ0) is 14.8. The van der Waals surface area contributed by atoms with Crippen LogP contribution in [-0.2, 0) is 6.18 Å². The van der Waals surface area contributed by atoms with Crippen molar-refractivity contribution in [2.45, 2.75) is 13.1 Å². The Balaban J connectivity index is 2.52. The number of anilines is 1. The van der Waals surface area contributed by atoms with Gasteiger partial charge in [0.15, 0.2) is 11.5 Å². The maximum Gasteiger partial charge on any atom is 0.437 e. The summed E-state index contributed by atoms with van der Waals surface area (Å²) >= 11 is 0. The van der Waals surface area contributed by atoms with E-state index in [4.69, 9.17) is 5.11 Å². The fourth-order valence-electron chi connectivity index (χ4n) is 1.63. The molecular weight excluding hydrogens is 273 g/mol. The molecule has 20 heavy (non-hydrogen) atoms. The van der Waals surface area contributed by atoms with Crippen LogP contribution in [0.5, 0.6) is 0 Å². The minimum absolute atomic E-state index is 0.0667. The molecule has 0 fully saturated rings. The van der Waals surface area contributed by atoms with Crippen molar-refractivity contribution in [3.63, 3.8) is 0 Å². The first-order chi connectivity index (χ1) is 9.41. The summed E-state index contributed by atoms with van der Waals surface area (Å²) in [6.07, 6.45) is -0.471. The minimum Gasteiger partial charge on any atom is -0.377 e. The molecule has 0 bridgehead atoms. The van der Waals surface area contributed by atoms with E-state index in [0.717, 1.165) is 5.56 Å². The van der Waals surface area contributed by atoms with Crippen molar-refractivity contribution in [1.82, 2.24) is 15.0 Å². The monoisotopic (exact) mass is 284 g/mol. The summed E-state index contributed by atoms with van der Waals surface area (Å²) in [7, 11) is 0. The van der Waals surface area contributed by atoms with Crippen LogP contribution >= 0.6 is 0 Å². The van der Waals surface area contributed by atoms with Gasteiger partial charge in [-0.25, -0.2) is 9.97 Å². The van der Waals surface area contributed by atoms with Gasteiger partial charge in [-0.1, -0.05) is 0 Å². The first-order valence-electron chi connectivity index (χ1n) is 5.63. The molecule has 0 saturated carbocycles. The number of aromatic nitrogens is 3. The van der Waals surface area contributed by atoms with Crippen LogP contribution in [0.25, 0.3) is 11.3 Å². The highest BCUT2D eigenvalue weighted by atomic mass is 19.4. The molecule has 2 aromatic rings. The largest absolute Gasteiger partial charge is 0.437 e. The average molecular weight is 284 g/mol. The van der Waals surface area contributed by atoms with E-state index < -0.39 is 24.4 Å². The molecule has 2 heterocycles. The number of aliphatic hydroxyl groups excluding tert-OH is 1. The lowest BCUT2D eigenvalue weighted by molar-refractivity contribution is -0.140. The van der Waals surface area contributed by atoms with Crippen molar-refractivity contribution in [3.05, 3.63) is 35.9 Å². The number of aryl methyl sites for hydroxylation is 1. The standard InChI is InChI=1S/C12H11F3N4O/c1-7-2-8(4-16-3-7)9-5-17-11(18-6-20)10(19-9)12(13,14)15/h2-5,20H,6H2,1H3,(H,17,18). The molecule has 2 aromatic heterocycles. The van der Waals surface area contributed by atoms with Crippen LogP contribution in [-0.4, -0.2) is 26.8 Å². The number of rotatable bonds is 3. The second-order valence-corrected chi connectivity index (χ2v) is 4.04. The molecule has 2 rings (SSSR count). The summed E-state index contributed by atoms with van der Waals surface area (Å²) in [6.45, 7) is 1.11. The van der Waals surface area contributed by atoms with E-state index in [-0.39, 0.29) is 5.69 Å². The number of hydrogen-bond donors (Lipinski definition) is 2. The fraction of sp³-hybridized carbons (Fsp3) is 0.250. The van der Waals surface area contributed by atoms with Crippen LogP contribution in [0.1, 0.15) is 11.3 Å². The first-order valence-corrected chi connectivity index (χ1v) is 5.63. The Morgan fingerprint density at radius 2 is 2.00 bits per heavy atom. The molecule has 0 saturated heterocycles. The first kappa shape index (κ1) is 14.2. The van der Waals surface area contributed by atoms with E-state index in [1.165, 1.54) is 12.4 Å². The minimum atomic E-state index is -4.67. The van der Waals surface area contributed by atoms with E-state index in [1.54, 1.807) is 19.2 Å². The zero-order valence-electron chi connectivity index (χ0n) is 10.4. The summed E-state index contributed by atoms with van der Waals surface area (Å²) in [4.78, 5) is 11.1. The van der Waals surface area contributed by atoms with Crippen molar-refractivity contribution in [2.75, 3.05) is 12.0 Å². The quantitative estimate of drug-likeness (QED) is 0.846. The average Bonchev–Trinajstić information content (AvgIpc) is 2.38. The highest BCUT2D eigenvalue weighted by molar-refractivity contribution is 5.60. The molecule has 5 nitrogen and oxygen atoms in total. The molecule has 0 aliphatic heterocycles. The third-order valence-electron chi connectivity index (χ3n) is 2.46. The van der Waals surface area contributed by atoms with Gasteiger partial charge in [-0.05, 0) is 18.6 Å². The molecule has 0 atom stereocenters. The molecule has 0 spiro atoms. The van der Waals surface area contributed by atoms with Gasteiger partial charge in [-0.15, -0.1) is 0 Å². The van der Waals surface area contributed by atoms with Crippen molar-refractivity contribution in [1.29, 1.82) is 0 Å². The second kappa shape index (κ2) is 5.41. The van der Waals surface area contributed by atoms with Crippen LogP contribution in [0.4, 0.5) is 19.0 Å². The van der Waals surface area contributed by atoms with Crippen LogP contribution in [0.15, 0.2) is 24.7 Å². The molecule has 0 aromatic carbocycles. The molecule has 0 aliphatic carbocycles. The molecule has 0 amide bonds. The maximum absolute atomic E-state index is 12.9. The topological polar surface area (TPSA) is 70.9 Å². The Kier molecular flexibility index (Phi) is 3.84. The van der Waals surface area contributed by atoms with Crippen LogP contribution in [0.2, 0.25) is 0 Å². The van der Waals surface area contributed by atoms with Crippen molar-refractivity contribution < 1.29 is 18.3 Å². The number of alkyl halides is 3. The van der Waals surface area contributed by atoms with Gasteiger partial charge in [0.1, 0.15) is 6.73 Å². The molecule has 0 radical (unpaired) electrons. The number of nitrogens with one attached hydrogen (secondary N) is 1. The van der Waals surface area contributed by atoms with Gasteiger partial charge in [0.25, 0.3) is 0 Å². The smallest absolute Gasteiger partial charge is 0.377 e. The second-order valence-electron chi connectivity index (χ2n) is 4.04. The lowest BCUT2D eigenvalue weighted by atomic mass is 10.1. The Morgan fingerprint density at radius 3 is 2.60 bits per heavy atom. The summed E-state index contributed by atoms with van der Waals surface area (Å²) in [6, 6.07) is 1.66. The highest BCUT2D eigenvalue weighted by Crippen LogP contribution is 2.33. The van der Waals surface area contributed by atoms with E-state index in [2.05, 4.69) is 20.3 Å². The van der Waals surface area contributed by atoms with Gasteiger partial charge >= 0.3 is 6.18 Å². The predicted molar refractivity (Wildman–Crippen MR) is 65.7 cm³/mol. The molecule has 8 heteroatoms. The molecule has 0 unspecified atom stereocenters. The van der Waals surface area contributed by atoms with Crippen LogP contribution < -0.4 is 5.32 Å². The van der Waals surface area contributed by atoms with Gasteiger partial charge in [-0.3, -0.25) is 4.98 Å². The Labute approximate surface area is 112 Å². The molecule has 2 N–H and O–H groups in total. The number of aliphatic hydroxyl groups is 1. The zero-order valence-corrected chi connectivity index (χ0v) is 10.4. The lowest BCUT2D eigenvalue weighted by Crippen LogP contribution is -2.15. The van der Waals surface area contributed by atoms with E-state index in [0.29, 0.717) is 5.56 Å². The van der Waals surface area contributed by atoms with E-state index in [1.807, 2.05) is 0 Å². The Morgan fingerprint density at radius 1 is 1.25 bits per heavy atom. The fourth-order valence-corrected chi connectivity index (χ4v) is 1.63. The van der Waals surface area contributed by atoms with Crippen molar-refractivity contribution in [2.24, 2.45) is 0 Å². The molecule has 106 valence electrons. The Hall–Kier alpha value is -2.22. The number of hydrogen-bond acceptors (Lipinski definition) is 5. The van der Waals surface area contributed by atoms with E-state index in [9.17, 15) is 13.2 Å².